The van der Waals surface area contributed by atoms with Crippen LogP contribution < -0.4 is 0 Å². The number of carbonyl (C=O) groups excluding carboxylic acids is 1. The Labute approximate surface area is 102 Å². The van der Waals surface area contributed by atoms with Gasteiger partial charge in [0, 0.05) is 30.9 Å². The highest BCUT2D eigenvalue weighted by molar-refractivity contribution is 5.77. The average Bonchev–Trinajstić information content (AvgIpc) is 2.96. The highest BCUT2D eigenvalue weighted by atomic mass is 16.2. The number of rotatable bonds is 4. The van der Waals surface area contributed by atoms with Crippen LogP contribution in [0.1, 0.15) is 38.8 Å². The summed E-state index contributed by atoms with van der Waals surface area (Å²) in [6.45, 7) is 5.33. The van der Waals surface area contributed by atoms with Crippen LogP contribution in [-0.2, 0) is 11.2 Å². The van der Waals surface area contributed by atoms with Gasteiger partial charge in [-0.25, -0.2) is 4.98 Å². The summed E-state index contributed by atoms with van der Waals surface area (Å²) in [5.74, 6) is 0.851. The van der Waals surface area contributed by atoms with E-state index in [1.807, 2.05) is 0 Å². The van der Waals surface area contributed by atoms with Crippen LogP contribution in [0.2, 0.25) is 0 Å². The lowest BCUT2D eigenvalue weighted by Crippen LogP contribution is -2.38. The van der Waals surface area contributed by atoms with Gasteiger partial charge >= 0.3 is 0 Å². The second-order valence-corrected chi connectivity index (χ2v) is 5.12. The number of aromatic amines is 1. The maximum absolute atomic E-state index is 12.1. The Bertz CT molecular complexity index is 359. The zero-order valence-electron chi connectivity index (χ0n) is 10.6. The van der Waals surface area contributed by atoms with E-state index in [9.17, 15) is 4.79 Å². The molecule has 1 aliphatic heterocycles. The first kappa shape index (κ1) is 12.1. The van der Waals surface area contributed by atoms with Crippen molar-refractivity contribution in [2.45, 2.75) is 45.6 Å². The lowest BCUT2D eigenvalue weighted by atomic mass is 10.0. The fourth-order valence-electron chi connectivity index (χ4n) is 2.60. The summed E-state index contributed by atoms with van der Waals surface area (Å²) in [5, 5.41) is 0. The van der Waals surface area contributed by atoms with Crippen molar-refractivity contribution in [1.29, 1.82) is 0 Å². The second kappa shape index (κ2) is 5.34. The molecule has 1 aromatic heterocycles. The molecule has 1 fully saturated rings. The number of aromatic nitrogens is 2. The number of aryl methyl sites for hydroxylation is 1. The molecule has 1 saturated heterocycles. The first-order valence-corrected chi connectivity index (χ1v) is 6.45. The van der Waals surface area contributed by atoms with Crippen molar-refractivity contribution in [3.8, 4) is 0 Å². The summed E-state index contributed by atoms with van der Waals surface area (Å²) in [4.78, 5) is 21.2. The van der Waals surface area contributed by atoms with E-state index in [1.54, 1.807) is 12.5 Å². The van der Waals surface area contributed by atoms with Crippen molar-refractivity contribution in [2.75, 3.05) is 6.54 Å². The van der Waals surface area contributed by atoms with Gasteiger partial charge in [-0.1, -0.05) is 13.8 Å². The van der Waals surface area contributed by atoms with Crippen molar-refractivity contribution < 1.29 is 4.79 Å². The quantitative estimate of drug-likeness (QED) is 0.867. The topological polar surface area (TPSA) is 49.0 Å². The molecule has 4 heteroatoms. The molecule has 94 valence electrons. The average molecular weight is 235 g/mol. The largest absolute Gasteiger partial charge is 0.348 e. The second-order valence-electron chi connectivity index (χ2n) is 5.12. The molecule has 0 aliphatic carbocycles. The van der Waals surface area contributed by atoms with E-state index in [0.29, 0.717) is 18.4 Å². The first-order valence-electron chi connectivity index (χ1n) is 6.45. The minimum Gasteiger partial charge on any atom is -0.348 e. The Balaban J connectivity index is 1.87. The van der Waals surface area contributed by atoms with Crippen LogP contribution in [0, 0.1) is 5.92 Å². The molecule has 2 heterocycles. The summed E-state index contributed by atoms with van der Waals surface area (Å²) in [6, 6.07) is 0.448. The number of likely N-dealkylation sites (tertiary alicyclic amines) is 1. The van der Waals surface area contributed by atoms with E-state index in [4.69, 9.17) is 0 Å². The normalized spacial score (nSPS) is 20.2. The van der Waals surface area contributed by atoms with Gasteiger partial charge in [0.25, 0.3) is 0 Å². The van der Waals surface area contributed by atoms with Crippen LogP contribution in [-0.4, -0.2) is 33.4 Å². The van der Waals surface area contributed by atoms with Gasteiger partial charge in [-0.3, -0.25) is 4.79 Å². The van der Waals surface area contributed by atoms with Crippen LogP contribution in [0.4, 0.5) is 0 Å². The van der Waals surface area contributed by atoms with Gasteiger partial charge in [0.2, 0.25) is 5.91 Å². The smallest absolute Gasteiger partial charge is 0.223 e. The van der Waals surface area contributed by atoms with Crippen LogP contribution in [0.25, 0.3) is 0 Å². The molecule has 1 N–H and O–H groups in total. The van der Waals surface area contributed by atoms with E-state index in [0.717, 1.165) is 31.5 Å². The van der Waals surface area contributed by atoms with Crippen molar-refractivity contribution >= 4 is 5.91 Å². The number of nitrogens with one attached hydrogen (secondary N) is 1. The fraction of sp³-hybridized carbons (Fsp3) is 0.692. The van der Waals surface area contributed by atoms with Gasteiger partial charge in [-0.2, -0.15) is 0 Å². The maximum atomic E-state index is 12.1. The van der Waals surface area contributed by atoms with E-state index >= 15 is 0 Å². The molecule has 1 aliphatic rings. The Hall–Kier alpha value is -1.32. The van der Waals surface area contributed by atoms with Gasteiger partial charge in [0.1, 0.15) is 0 Å². The Morgan fingerprint density at radius 1 is 1.65 bits per heavy atom. The Morgan fingerprint density at radius 3 is 3.12 bits per heavy atom. The third-order valence-corrected chi connectivity index (χ3v) is 3.55. The molecule has 2 rings (SSSR count). The molecule has 0 radical (unpaired) electrons. The number of nitrogens with zero attached hydrogens (tertiary/aromatic N) is 2. The zero-order valence-corrected chi connectivity index (χ0v) is 10.6. The third-order valence-electron chi connectivity index (χ3n) is 3.55. The number of imidazole rings is 1. The van der Waals surface area contributed by atoms with E-state index in [2.05, 4.69) is 28.7 Å². The summed E-state index contributed by atoms with van der Waals surface area (Å²) in [5.41, 5.74) is 1.04. The molecular formula is C13H21N3O. The first-order chi connectivity index (χ1) is 8.18. The lowest BCUT2D eigenvalue weighted by Gasteiger charge is -2.27. The van der Waals surface area contributed by atoms with Crippen LogP contribution >= 0.6 is 0 Å². The van der Waals surface area contributed by atoms with E-state index < -0.39 is 0 Å². The van der Waals surface area contributed by atoms with Gasteiger partial charge in [0.15, 0.2) is 0 Å². The predicted octanol–water partition coefficient (Wildman–Crippen LogP) is 1.99. The van der Waals surface area contributed by atoms with Gasteiger partial charge < -0.3 is 9.88 Å². The van der Waals surface area contributed by atoms with Gasteiger partial charge in [0.05, 0.1) is 6.33 Å². The lowest BCUT2D eigenvalue weighted by molar-refractivity contribution is -0.132. The summed E-state index contributed by atoms with van der Waals surface area (Å²) < 4.78 is 0. The Kier molecular flexibility index (Phi) is 3.82. The van der Waals surface area contributed by atoms with E-state index in [-0.39, 0.29) is 5.91 Å². The van der Waals surface area contributed by atoms with Crippen molar-refractivity contribution in [2.24, 2.45) is 5.92 Å². The number of hydrogen-bond acceptors (Lipinski definition) is 2. The molecular weight excluding hydrogens is 214 g/mol. The molecule has 17 heavy (non-hydrogen) atoms. The van der Waals surface area contributed by atoms with Crippen molar-refractivity contribution in [3.63, 3.8) is 0 Å². The number of carbonyl (C=O) groups is 1. The summed E-state index contributed by atoms with van der Waals surface area (Å²) >= 11 is 0. The zero-order chi connectivity index (χ0) is 12.3. The molecule has 0 aromatic carbocycles. The summed E-state index contributed by atoms with van der Waals surface area (Å²) in [6.07, 6.45) is 7.11. The van der Waals surface area contributed by atoms with E-state index in [1.165, 1.54) is 0 Å². The van der Waals surface area contributed by atoms with Gasteiger partial charge in [-0.05, 0) is 25.2 Å². The third kappa shape index (κ3) is 2.87. The molecule has 1 amide bonds. The Morgan fingerprint density at radius 2 is 2.47 bits per heavy atom. The monoisotopic (exact) mass is 235 g/mol. The molecule has 4 nitrogen and oxygen atoms in total. The fourth-order valence-corrected chi connectivity index (χ4v) is 2.60. The molecule has 0 saturated carbocycles. The molecule has 1 unspecified atom stereocenters. The molecule has 0 spiro atoms. The van der Waals surface area contributed by atoms with Crippen LogP contribution in [0.15, 0.2) is 12.5 Å². The van der Waals surface area contributed by atoms with Crippen LogP contribution in [0.3, 0.4) is 0 Å². The molecule has 0 bridgehead atoms. The highest BCUT2D eigenvalue weighted by Gasteiger charge is 2.30. The number of H-pyrrole nitrogens is 1. The van der Waals surface area contributed by atoms with Gasteiger partial charge in [-0.15, -0.1) is 0 Å². The minimum absolute atomic E-state index is 0.288. The number of hydrogen-bond donors (Lipinski definition) is 1. The molecule has 1 atom stereocenters. The highest BCUT2D eigenvalue weighted by Crippen LogP contribution is 2.24. The maximum Gasteiger partial charge on any atom is 0.223 e. The number of amides is 1. The van der Waals surface area contributed by atoms with Crippen molar-refractivity contribution in [3.05, 3.63) is 18.2 Å². The SMILES string of the molecule is CC(C)C1CCCN1C(=O)CCc1cnc[nH]1. The predicted molar refractivity (Wildman–Crippen MR) is 66.5 cm³/mol. The molecule has 1 aromatic rings. The van der Waals surface area contributed by atoms with Crippen molar-refractivity contribution in [1.82, 2.24) is 14.9 Å². The van der Waals surface area contributed by atoms with Crippen LogP contribution in [0.5, 0.6) is 0 Å². The minimum atomic E-state index is 0.288. The summed E-state index contributed by atoms with van der Waals surface area (Å²) in [7, 11) is 0. The standard InChI is InChI=1S/C13H21N3O/c1-10(2)12-4-3-7-16(12)13(17)6-5-11-8-14-9-15-11/h8-10,12H,3-7H2,1-2H3,(H,14,15).